The molecule has 4 nitrogen and oxygen atoms in total. The fraction of sp³-hybridized carbons (Fsp3) is 0.0208. The van der Waals surface area contributed by atoms with Crippen molar-refractivity contribution in [2.75, 3.05) is 0 Å². The van der Waals surface area contributed by atoms with Crippen LogP contribution in [0, 0.1) is 0 Å². The summed E-state index contributed by atoms with van der Waals surface area (Å²) in [5, 5.41) is 11.1. The number of aromatic nitrogens is 2. The molecule has 0 aliphatic carbocycles. The molecule has 7 aromatic carbocycles. The summed E-state index contributed by atoms with van der Waals surface area (Å²) in [4.78, 5) is 5.35. The molecule has 1 aliphatic rings. The third-order valence-corrected chi connectivity index (χ3v) is 10.5. The number of para-hydroxylation sites is 3. The van der Waals surface area contributed by atoms with Crippen LogP contribution in [0.25, 0.3) is 71.2 Å². The smallest absolute Gasteiger partial charge is 0.201 e. The van der Waals surface area contributed by atoms with Gasteiger partial charge in [-0.15, -0.1) is 0 Å². The molecule has 2 aromatic heterocycles. The molecule has 1 unspecified atom stereocenters. The van der Waals surface area contributed by atoms with Crippen molar-refractivity contribution < 1.29 is 0 Å². The largest absolute Gasteiger partial charge is 0.346 e. The van der Waals surface area contributed by atoms with Gasteiger partial charge in [0.2, 0.25) is 6.29 Å². The quantitative estimate of drug-likeness (QED) is 0.188. The van der Waals surface area contributed by atoms with Gasteiger partial charge in [-0.1, -0.05) is 134 Å². The van der Waals surface area contributed by atoms with Gasteiger partial charge in [-0.3, -0.25) is 0 Å². The minimum atomic E-state index is -0.390. The highest BCUT2D eigenvalue weighted by molar-refractivity contribution is 6.24. The first-order valence-corrected chi connectivity index (χ1v) is 17.7. The predicted molar refractivity (Wildman–Crippen MR) is 219 cm³/mol. The van der Waals surface area contributed by atoms with Crippen LogP contribution in [-0.2, 0) is 0 Å². The summed E-state index contributed by atoms with van der Waals surface area (Å²) in [6.45, 7) is 8.27. The molecule has 246 valence electrons. The van der Waals surface area contributed by atoms with Gasteiger partial charge in [0, 0.05) is 44.1 Å². The van der Waals surface area contributed by atoms with E-state index in [1.165, 1.54) is 54.5 Å². The van der Waals surface area contributed by atoms with E-state index in [-0.39, 0.29) is 6.29 Å². The number of rotatable bonds is 6. The Bertz CT molecular complexity index is 2960. The fourth-order valence-electron chi connectivity index (χ4n) is 8.25. The molecule has 1 atom stereocenters. The average molecular weight is 667 g/mol. The van der Waals surface area contributed by atoms with E-state index in [1.807, 2.05) is 30.4 Å². The maximum atomic E-state index is 5.35. The SMILES string of the molecule is C=CC1=C(C=C)C(c2ccccc2)=NC(n2c3ccccc3c3cc(-c4cc5c(c6ccccc46)c4ccccc4n5-c4ccccc4)ccc32)N1. The Morgan fingerprint density at radius 2 is 1.15 bits per heavy atom. The number of hydrogen-bond donors (Lipinski definition) is 1. The third-order valence-electron chi connectivity index (χ3n) is 10.5. The number of nitrogens with zero attached hydrogens (tertiary/aromatic N) is 3. The molecular weight excluding hydrogens is 633 g/mol. The van der Waals surface area contributed by atoms with Crippen molar-refractivity contribution in [1.82, 2.24) is 14.5 Å². The van der Waals surface area contributed by atoms with Crippen LogP contribution in [0.1, 0.15) is 11.9 Å². The second-order valence-corrected chi connectivity index (χ2v) is 13.3. The van der Waals surface area contributed by atoms with Gasteiger partial charge >= 0.3 is 0 Å². The highest BCUT2D eigenvalue weighted by atomic mass is 15.3. The lowest BCUT2D eigenvalue weighted by molar-refractivity contribution is 0.485. The number of nitrogens with one attached hydrogen (secondary N) is 1. The monoisotopic (exact) mass is 666 g/mol. The molecule has 1 N–H and O–H groups in total. The fourth-order valence-corrected chi connectivity index (χ4v) is 8.25. The van der Waals surface area contributed by atoms with Gasteiger partial charge in [0.05, 0.1) is 27.8 Å². The van der Waals surface area contributed by atoms with Crippen LogP contribution in [0.4, 0.5) is 0 Å². The van der Waals surface area contributed by atoms with Crippen LogP contribution in [0.5, 0.6) is 0 Å². The lowest BCUT2D eigenvalue weighted by atomic mass is 9.94. The third kappa shape index (κ3) is 4.44. The van der Waals surface area contributed by atoms with E-state index in [1.54, 1.807) is 0 Å². The van der Waals surface area contributed by atoms with Crippen LogP contribution in [0.2, 0.25) is 0 Å². The standard InChI is InChI=1S/C48H34N4/c1-3-34-41(4-2)49-48(50-47(34)31-17-7-5-8-18-31)52-42-25-15-13-22-36(42)40-29-32(27-28-44(40)52)39-30-45-46(37-23-12-11-21-35(37)39)38-24-14-16-26-43(38)51(45)33-19-9-6-10-20-33/h3-30,48-49H,1-2H2. The molecule has 0 amide bonds. The summed E-state index contributed by atoms with van der Waals surface area (Å²) < 4.78 is 4.72. The van der Waals surface area contributed by atoms with Gasteiger partial charge in [0.25, 0.3) is 0 Å². The number of fused-ring (bicyclic) bond motifs is 8. The minimum absolute atomic E-state index is 0.390. The van der Waals surface area contributed by atoms with Crippen molar-refractivity contribution in [2.45, 2.75) is 6.29 Å². The molecule has 9 aromatic rings. The summed E-state index contributed by atoms with van der Waals surface area (Å²) >= 11 is 0. The lowest BCUT2D eigenvalue weighted by Gasteiger charge is -2.28. The number of hydrogen-bond acceptors (Lipinski definition) is 2. The van der Waals surface area contributed by atoms with Crippen molar-refractivity contribution in [3.05, 3.63) is 200 Å². The van der Waals surface area contributed by atoms with Crippen LogP contribution in [0.3, 0.4) is 0 Å². The van der Waals surface area contributed by atoms with E-state index in [9.17, 15) is 0 Å². The average Bonchev–Trinajstić information content (AvgIpc) is 3.73. The highest BCUT2D eigenvalue weighted by Crippen LogP contribution is 2.43. The van der Waals surface area contributed by atoms with E-state index in [0.29, 0.717) is 0 Å². The van der Waals surface area contributed by atoms with E-state index >= 15 is 0 Å². The summed E-state index contributed by atoms with van der Waals surface area (Å²) in [6, 6.07) is 56.5. The molecule has 4 heteroatoms. The molecule has 10 rings (SSSR count). The zero-order valence-electron chi connectivity index (χ0n) is 28.5. The van der Waals surface area contributed by atoms with Crippen molar-refractivity contribution >= 4 is 60.1 Å². The molecule has 1 aliphatic heterocycles. The first kappa shape index (κ1) is 30.0. The van der Waals surface area contributed by atoms with Crippen molar-refractivity contribution in [3.63, 3.8) is 0 Å². The van der Waals surface area contributed by atoms with Gasteiger partial charge in [-0.2, -0.15) is 0 Å². The predicted octanol–water partition coefficient (Wildman–Crippen LogP) is 11.9. The Kier molecular flexibility index (Phi) is 6.83. The molecule has 0 spiro atoms. The molecule has 0 radical (unpaired) electrons. The van der Waals surface area contributed by atoms with Crippen LogP contribution < -0.4 is 5.32 Å². The topological polar surface area (TPSA) is 34.2 Å². The normalized spacial score (nSPS) is 14.7. The second kappa shape index (κ2) is 11.9. The molecule has 3 heterocycles. The lowest BCUT2D eigenvalue weighted by Crippen LogP contribution is -2.31. The Balaban J connectivity index is 1.22. The van der Waals surface area contributed by atoms with Gasteiger partial charge < -0.3 is 14.5 Å². The minimum Gasteiger partial charge on any atom is -0.346 e. The van der Waals surface area contributed by atoms with Gasteiger partial charge in [-0.05, 0) is 70.4 Å². The molecule has 0 saturated carbocycles. The number of allylic oxidation sites excluding steroid dienone is 3. The van der Waals surface area contributed by atoms with Crippen LogP contribution >= 0.6 is 0 Å². The van der Waals surface area contributed by atoms with E-state index in [2.05, 4.69) is 167 Å². The summed E-state index contributed by atoms with van der Waals surface area (Å²) in [7, 11) is 0. The number of aliphatic imine (C=N–C) groups is 1. The first-order chi connectivity index (χ1) is 25.7. The second-order valence-electron chi connectivity index (χ2n) is 13.3. The molecule has 0 bridgehead atoms. The Labute approximate surface area is 301 Å². The zero-order chi connectivity index (χ0) is 34.8. The zero-order valence-corrected chi connectivity index (χ0v) is 28.5. The maximum Gasteiger partial charge on any atom is 0.201 e. The molecule has 0 fully saturated rings. The van der Waals surface area contributed by atoms with Crippen molar-refractivity contribution in [2.24, 2.45) is 4.99 Å². The number of benzene rings is 7. The van der Waals surface area contributed by atoms with Gasteiger partial charge in [0.1, 0.15) is 0 Å². The van der Waals surface area contributed by atoms with Gasteiger partial charge in [-0.25, -0.2) is 4.99 Å². The summed E-state index contributed by atoms with van der Waals surface area (Å²) in [5.74, 6) is 0. The van der Waals surface area contributed by atoms with Gasteiger partial charge in [0.15, 0.2) is 0 Å². The van der Waals surface area contributed by atoms with Crippen LogP contribution in [-0.4, -0.2) is 14.8 Å². The van der Waals surface area contributed by atoms with Crippen molar-refractivity contribution in [1.29, 1.82) is 0 Å². The van der Waals surface area contributed by atoms with Crippen molar-refractivity contribution in [3.8, 4) is 16.8 Å². The molecule has 0 saturated heterocycles. The van der Waals surface area contributed by atoms with E-state index < -0.39 is 0 Å². The Morgan fingerprint density at radius 1 is 0.519 bits per heavy atom. The Hall–Kier alpha value is -6.91. The molecular formula is C48H34N4. The van der Waals surface area contributed by atoms with E-state index in [4.69, 9.17) is 4.99 Å². The molecule has 52 heavy (non-hydrogen) atoms. The Morgan fingerprint density at radius 3 is 1.90 bits per heavy atom. The highest BCUT2D eigenvalue weighted by Gasteiger charge is 2.26. The summed E-state index contributed by atoms with van der Waals surface area (Å²) in [6.07, 6.45) is 3.34. The maximum absolute atomic E-state index is 5.35. The van der Waals surface area contributed by atoms with E-state index in [0.717, 1.165) is 39.3 Å². The first-order valence-electron chi connectivity index (χ1n) is 17.7. The summed E-state index contributed by atoms with van der Waals surface area (Å²) in [5.41, 5.74) is 11.9. The van der Waals surface area contributed by atoms with Crippen LogP contribution in [0.15, 0.2) is 199 Å².